The molecule has 0 bridgehead atoms. The first-order valence-corrected chi connectivity index (χ1v) is 8.28. The van der Waals surface area contributed by atoms with Gasteiger partial charge < -0.3 is 14.7 Å². The number of likely N-dealkylation sites (tertiary alicyclic amines) is 1. The molecule has 0 radical (unpaired) electrons. The van der Waals surface area contributed by atoms with Gasteiger partial charge >= 0.3 is 5.97 Å². The SMILES string of the molecule is CCC[C@H]1CCCN1C(=O)c1cc(OC(C)C)cc(C(=O)O)c1. The van der Waals surface area contributed by atoms with E-state index in [2.05, 4.69) is 6.92 Å². The molecule has 0 saturated carbocycles. The van der Waals surface area contributed by atoms with Gasteiger partial charge in [0.25, 0.3) is 5.91 Å². The molecular weight excluding hydrogens is 294 g/mol. The number of benzene rings is 1. The molecule has 1 aromatic rings. The number of nitrogens with zero attached hydrogens (tertiary/aromatic N) is 1. The van der Waals surface area contributed by atoms with Crippen molar-refractivity contribution < 1.29 is 19.4 Å². The number of carboxylic acids is 1. The van der Waals surface area contributed by atoms with Gasteiger partial charge in [0.2, 0.25) is 0 Å². The summed E-state index contributed by atoms with van der Waals surface area (Å²) in [6.07, 6.45) is 3.96. The summed E-state index contributed by atoms with van der Waals surface area (Å²) in [5, 5.41) is 9.27. The third kappa shape index (κ3) is 4.24. The summed E-state index contributed by atoms with van der Waals surface area (Å²) in [7, 11) is 0. The molecule has 1 atom stereocenters. The molecule has 5 heteroatoms. The zero-order chi connectivity index (χ0) is 17.0. The molecule has 126 valence electrons. The molecule has 0 aliphatic carbocycles. The summed E-state index contributed by atoms with van der Waals surface area (Å²) in [4.78, 5) is 26.0. The molecule has 1 aromatic carbocycles. The first kappa shape index (κ1) is 17.3. The standard InChI is InChI=1S/C18H25NO4/c1-4-6-15-7-5-8-19(15)17(20)13-9-14(18(21)22)11-16(10-13)23-12(2)3/h9-12,15H,4-8H2,1-3H3,(H,21,22)/t15-/m0/s1. The fourth-order valence-electron chi connectivity index (χ4n) is 3.09. The van der Waals surface area contributed by atoms with Crippen molar-refractivity contribution in [3.8, 4) is 5.75 Å². The first-order chi connectivity index (χ1) is 10.9. The van der Waals surface area contributed by atoms with Crippen molar-refractivity contribution in [2.45, 2.75) is 58.6 Å². The van der Waals surface area contributed by atoms with Gasteiger partial charge in [-0.25, -0.2) is 4.79 Å². The lowest BCUT2D eigenvalue weighted by Crippen LogP contribution is -2.35. The number of carbonyl (C=O) groups is 2. The third-order valence-corrected chi connectivity index (χ3v) is 4.03. The number of carbonyl (C=O) groups excluding carboxylic acids is 1. The van der Waals surface area contributed by atoms with E-state index in [4.69, 9.17) is 4.74 Å². The maximum absolute atomic E-state index is 12.8. The Morgan fingerprint density at radius 1 is 1.30 bits per heavy atom. The van der Waals surface area contributed by atoms with Crippen molar-refractivity contribution in [2.75, 3.05) is 6.54 Å². The van der Waals surface area contributed by atoms with E-state index >= 15 is 0 Å². The Morgan fingerprint density at radius 2 is 2.00 bits per heavy atom. The van der Waals surface area contributed by atoms with Crippen molar-refractivity contribution in [2.24, 2.45) is 0 Å². The number of hydrogen-bond donors (Lipinski definition) is 1. The minimum absolute atomic E-state index is 0.0812. The topological polar surface area (TPSA) is 66.8 Å². The largest absolute Gasteiger partial charge is 0.491 e. The first-order valence-electron chi connectivity index (χ1n) is 8.28. The van der Waals surface area contributed by atoms with E-state index < -0.39 is 5.97 Å². The fourth-order valence-corrected chi connectivity index (χ4v) is 3.09. The number of aromatic carboxylic acids is 1. The summed E-state index contributed by atoms with van der Waals surface area (Å²) in [5.74, 6) is -0.730. The summed E-state index contributed by atoms with van der Waals surface area (Å²) in [6, 6.07) is 4.82. The zero-order valence-electron chi connectivity index (χ0n) is 14.0. The van der Waals surface area contributed by atoms with Crippen LogP contribution >= 0.6 is 0 Å². The van der Waals surface area contributed by atoms with Crippen LogP contribution in [0, 0.1) is 0 Å². The average Bonchev–Trinajstić information content (AvgIpc) is 2.94. The van der Waals surface area contributed by atoms with Crippen LogP contribution in [0.2, 0.25) is 0 Å². The normalized spacial score (nSPS) is 17.6. The minimum Gasteiger partial charge on any atom is -0.491 e. The van der Waals surface area contributed by atoms with Crippen LogP contribution in [-0.4, -0.2) is 40.6 Å². The van der Waals surface area contributed by atoms with Crippen LogP contribution in [0.5, 0.6) is 5.75 Å². The third-order valence-electron chi connectivity index (χ3n) is 4.03. The molecule has 0 aromatic heterocycles. The number of amides is 1. The van der Waals surface area contributed by atoms with E-state index in [1.165, 1.54) is 12.1 Å². The summed E-state index contributed by atoms with van der Waals surface area (Å²) in [5.41, 5.74) is 0.473. The lowest BCUT2D eigenvalue weighted by Gasteiger charge is -2.25. The van der Waals surface area contributed by atoms with Crippen LogP contribution in [0.1, 0.15) is 67.2 Å². The molecule has 1 saturated heterocycles. The van der Waals surface area contributed by atoms with E-state index in [1.807, 2.05) is 18.7 Å². The predicted octanol–water partition coefficient (Wildman–Crippen LogP) is 3.58. The summed E-state index contributed by atoms with van der Waals surface area (Å²) < 4.78 is 5.60. The monoisotopic (exact) mass is 319 g/mol. The van der Waals surface area contributed by atoms with E-state index in [1.54, 1.807) is 6.07 Å². The molecule has 2 rings (SSSR count). The van der Waals surface area contributed by atoms with Gasteiger partial charge in [-0.2, -0.15) is 0 Å². The summed E-state index contributed by atoms with van der Waals surface area (Å²) >= 11 is 0. The maximum Gasteiger partial charge on any atom is 0.335 e. The van der Waals surface area contributed by atoms with Gasteiger partial charge in [0, 0.05) is 18.2 Å². The van der Waals surface area contributed by atoms with Gasteiger partial charge in [-0.15, -0.1) is 0 Å². The highest BCUT2D eigenvalue weighted by Crippen LogP contribution is 2.26. The van der Waals surface area contributed by atoms with Crippen molar-refractivity contribution >= 4 is 11.9 Å². The number of carboxylic acid groups (broad SMARTS) is 1. The minimum atomic E-state index is -1.06. The number of hydrogen-bond acceptors (Lipinski definition) is 3. The lowest BCUT2D eigenvalue weighted by atomic mass is 10.1. The van der Waals surface area contributed by atoms with E-state index in [0.717, 1.165) is 32.2 Å². The number of rotatable bonds is 6. The van der Waals surface area contributed by atoms with Crippen LogP contribution in [0.15, 0.2) is 18.2 Å². The highest BCUT2D eigenvalue weighted by molar-refractivity contribution is 5.98. The Kier molecular flexibility index (Phi) is 5.64. The lowest BCUT2D eigenvalue weighted by molar-refractivity contribution is 0.0696. The molecule has 1 heterocycles. The Balaban J connectivity index is 2.31. The van der Waals surface area contributed by atoms with Crippen LogP contribution in [0.4, 0.5) is 0 Å². The Bertz CT molecular complexity index is 582. The Labute approximate surface area is 137 Å². The molecule has 5 nitrogen and oxygen atoms in total. The van der Waals surface area contributed by atoms with Crippen molar-refractivity contribution in [3.05, 3.63) is 29.3 Å². The van der Waals surface area contributed by atoms with Gasteiger partial charge in [-0.1, -0.05) is 13.3 Å². The molecule has 0 spiro atoms. The van der Waals surface area contributed by atoms with E-state index in [9.17, 15) is 14.7 Å². The van der Waals surface area contributed by atoms with Crippen LogP contribution in [0.25, 0.3) is 0 Å². The van der Waals surface area contributed by atoms with Gasteiger partial charge in [-0.3, -0.25) is 4.79 Å². The van der Waals surface area contributed by atoms with Gasteiger partial charge in [0.05, 0.1) is 11.7 Å². The highest BCUT2D eigenvalue weighted by atomic mass is 16.5. The maximum atomic E-state index is 12.8. The van der Waals surface area contributed by atoms with Crippen molar-refractivity contribution in [1.82, 2.24) is 4.90 Å². The molecule has 23 heavy (non-hydrogen) atoms. The molecule has 1 aliphatic heterocycles. The average molecular weight is 319 g/mol. The number of ether oxygens (including phenoxy) is 1. The predicted molar refractivity (Wildman–Crippen MR) is 88.1 cm³/mol. The molecule has 0 unspecified atom stereocenters. The molecule has 1 fully saturated rings. The quantitative estimate of drug-likeness (QED) is 0.870. The van der Waals surface area contributed by atoms with Gasteiger partial charge in [-0.05, 0) is 51.3 Å². The van der Waals surface area contributed by atoms with Crippen LogP contribution in [-0.2, 0) is 0 Å². The van der Waals surface area contributed by atoms with Crippen LogP contribution in [0.3, 0.4) is 0 Å². The zero-order valence-corrected chi connectivity index (χ0v) is 14.0. The second-order valence-electron chi connectivity index (χ2n) is 6.30. The second kappa shape index (κ2) is 7.49. The van der Waals surface area contributed by atoms with E-state index in [0.29, 0.717) is 11.3 Å². The molecule has 1 amide bonds. The second-order valence-corrected chi connectivity index (χ2v) is 6.30. The van der Waals surface area contributed by atoms with Gasteiger partial charge in [0.15, 0.2) is 0 Å². The summed E-state index contributed by atoms with van der Waals surface area (Å²) in [6.45, 7) is 6.58. The fraction of sp³-hybridized carbons (Fsp3) is 0.556. The van der Waals surface area contributed by atoms with E-state index in [-0.39, 0.29) is 23.6 Å². The Morgan fingerprint density at radius 3 is 2.61 bits per heavy atom. The molecule has 1 N–H and O–H groups in total. The smallest absolute Gasteiger partial charge is 0.335 e. The molecule has 1 aliphatic rings. The van der Waals surface area contributed by atoms with Crippen molar-refractivity contribution in [1.29, 1.82) is 0 Å². The van der Waals surface area contributed by atoms with Gasteiger partial charge in [0.1, 0.15) is 5.75 Å². The highest BCUT2D eigenvalue weighted by Gasteiger charge is 2.29. The Hall–Kier alpha value is -2.04. The van der Waals surface area contributed by atoms with Crippen LogP contribution < -0.4 is 4.74 Å². The molecular formula is C18H25NO4. The van der Waals surface area contributed by atoms with Crippen molar-refractivity contribution in [3.63, 3.8) is 0 Å².